The Bertz CT molecular complexity index is 452. The van der Waals surface area contributed by atoms with Gasteiger partial charge in [0.15, 0.2) is 0 Å². The second-order valence-corrected chi connectivity index (χ2v) is 6.07. The highest BCUT2D eigenvalue weighted by Crippen LogP contribution is 2.28. The van der Waals surface area contributed by atoms with E-state index in [0.29, 0.717) is 6.42 Å². The summed E-state index contributed by atoms with van der Waals surface area (Å²) < 4.78 is 16.1. The minimum Gasteiger partial charge on any atom is -0.272 e. The normalized spacial score (nSPS) is 27.9. The van der Waals surface area contributed by atoms with Gasteiger partial charge in [-0.25, -0.2) is 4.21 Å². The van der Waals surface area contributed by atoms with Crippen LogP contribution in [-0.2, 0) is 20.9 Å². The van der Waals surface area contributed by atoms with E-state index < -0.39 is 9.73 Å². The van der Waals surface area contributed by atoms with Gasteiger partial charge in [0, 0.05) is 6.26 Å². The minimum atomic E-state index is -2.40. The molecule has 0 aliphatic carbocycles. The summed E-state index contributed by atoms with van der Waals surface area (Å²) in [5.74, 6) is -0.270. The van der Waals surface area contributed by atoms with Gasteiger partial charge in [-0.15, -0.1) is 11.3 Å². The summed E-state index contributed by atoms with van der Waals surface area (Å²) in [5.41, 5.74) is 0.882. The van der Waals surface area contributed by atoms with E-state index in [2.05, 4.69) is 4.36 Å². The Hall–Kier alpha value is -0.680. The number of carbonyl (C=O) groups excluding carboxylic acids is 1. The first kappa shape index (κ1) is 7.94. The molecule has 3 nitrogen and oxygen atoms in total. The van der Waals surface area contributed by atoms with E-state index >= 15 is 0 Å². The second kappa shape index (κ2) is 2.40. The summed E-state index contributed by atoms with van der Waals surface area (Å²) in [4.78, 5) is 11.0. The molecule has 1 aromatic rings. The van der Waals surface area contributed by atoms with Gasteiger partial charge in [0.25, 0.3) is 5.91 Å². The zero-order valence-corrected chi connectivity index (χ0v) is 8.08. The van der Waals surface area contributed by atoms with Crippen molar-refractivity contribution in [3.05, 3.63) is 17.0 Å². The van der Waals surface area contributed by atoms with Crippen LogP contribution in [-0.4, -0.2) is 16.4 Å². The first-order valence-electron chi connectivity index (χ1n) is 3.41. The summed E-state index contributed by atoms with van der Waals surface area (Å²) in [6, 6.07) is 1.84. The van der Waals surface area contributed by atoms with Crippen LogP contribution in [0.3, 0.4) is 0 Å². The van der Waals surface area contributed by atoms with Crippen molar-refractivity contribution >= 4 is 27.0 Å². The van der Waals surface area contributed by atoms with Gasteiger partial charge in [-0.2, -0.15) is 4.36 Å². The standard InChI is InChI=1S/C7H7NO2S2/c1-12(10)7-5(2-3-11-7)4-6(9)8-12/h2-3H,4H2,1H3. The smallest absolute Gasteiger partial charge is 0.258 e. The lowest BCUT2D eigenvalue weighted by molar-refractivity contribution is -0.117. The van der Waals surface area contributed by atoms with Gasteiger partial charge in [-0.3, -0.25) is 4.79 Å². The van der Waals surface area contributed by atoms with Crippen molar-refractivity contribution in [2.45, 2.75) is 10.6 Å². The van der Waals surface area contributed by atoms with E-state index in [1.807, 2.05) is 11.4 Å². The molecule has 12 heavy (non-hydrogen) atoms. The van der Waals surface area contributed by atoms with Crippen LogP contribution < -0.4 is 0 Å². The molecule has 2 rings (SSSR count). The van der Waals surface area contributed by atoms with Crippen LogP contribution in [0.1, 0.15) is 5.56 Å². The molecule has 0 N–H and O–H groups in total. The van der Waals surface area contributed by atoms with Crippen molar-refractivity contribution in [1.29, 1.82) is 0 Å². The molecule has 0 bridgehead atoms. The monoisotopic (exact) mass is 201 g/mol. The molecule has 1 unspecified atom stereocenters. The van der Waals surface area contributed by atoms with Crippen LogP contribution in [0.15, 0.2) is 20.0 Å². The zero-order chi connectivity index (χ0) is 8.77. The molecule has 0 fully saturated rings. The Morgan fingerprint density at radius 2 is 2.42 bits per heavy atom. The minimum absolute atomic E-state index is 0.270. The summed E-state index contributed by atoms with van der Waals surface area (Å²) in [6.07, 6.45) is 1.82. The number of amides is 1. The van der Waals surface area contributed by atoms with Gasteiger partial charge in [0.05, 0.1) is 16.1 Å². The molecule has 5 heteroatoms. The molecule has 2 heterocycles. The Balaban J connectivity index is 2.77. The fourth-order valence-corrected chi connectivity index (χ4v) is 4.02. The van der Waals surface area contributed by atoms with Crippen molar-refractivity contribution in [1.82, 2.24) is 0 Å². The van der Waals surface area contributed by atoms with Crippen molar-refractivity contribution in [2.24, 2.45) is 4.36 Å². The Labute approximate surface area is 74.6 Å². The predicted octanol–water partition coefficient (Wildman–Crippen LogP) is 1.29. The number of fused-ring (bicyclic) bond motifs is 1. The number of nitrogens with zero attached hydrogens (tertiary/aromatic N) is 1. The molecule has 1 aliphatic heterocycles. The maximum Gasteiger partial charge on any atom is 0.258 e. The Morgan fingerprint density at radius 3 is 3.17 bits per heavy atom. The largest absolute Gasteiger partial charge is 0.272 e. The van der Waals surface area contributed by atoms with E-state index in [1.165, 1.54) is 17.6 Å². The summed E-state index contributed by atoms with van der Waals surface area (Å²) in [7, 11) is -2.40. The predicted molar refractivity (Wildman–Crippen MR) is 47.8 cm³/mol. The third-order valence-electron chi connectivity index (χ3n) is 1.67. The van der Waals surface area contributed by atoms with Crippen LogP contribution in [0.5, 0.6) is 0 Å². The molecule has 1 amide bonds. The number of rotatable bonds is 0. The number of hydrogen-bond acceptors (Lipinski definition) is 3. The average Bonchev–Trinajstić information content (AvgIpc) is 2.32. The molecule has 1 aromatic heterocycles. The van der Waals surface area contributed by atoms with Crippen molar-refractivity contribution in [3.63, 3.8) is 0 Å². The zero-order valence-electron chi connectivity index (χ0n) is 6.44. The van der Waals surface area contributed by atoms with E-state index in [-0.39, 0.29) is 5.91 Å². The van der Waals surface area contributed by atoms with E-state index in [9.17, 15) is 9.00 Å². The first-order valence-corrected chi connectivity index (χ1v) is 6.21. The van der Waals surface area contributed by atoms with Crippen LogP contribution in [0.25, 0.3) is 0 Å². The second-order valence-electron chi connectivity index (χ2n) is 2.70. The fourth-order valence-electron chi connectivity index (χ4n) is 1.22. The molecule has 0 saturated heterocycles. The van der Waals surface area contributed by atoms with Crippen LogP contribution >= 0.6 is 11.3 Å². The summed E-state index contributed by atoms with van der Waals surface area (Å²) >= 11 is 1.41. The van der Waals surface area contributed by atoms with Crippen LogP contribution in [0, 0.1) is 0 Å². The van der Waals surface area contributed by atoms with Gasteiger partial charge in [0.1, 0.15) is 4.21 Å². The maximum absolute atomic E-state index is 11.7. The first-order chi connectivity index (χ1) is 5.59. The number of carbonyl (C=O) groups is 1. The van der Waals surface area contributed by atoms with Crippen molar-refractivity contribution in [3.8, 4) is 0 Å². The van der Waals surface area contributed by atoms with Gasteiger partial charge in [-0.05, 0) is 17.0 Å². The lowest BCUT2D eigenvalue weighted by Crippen LogP contribution is -2.12. The summed E-state index contributed by atoms with van der Waals surface area (Å²) in [6.45, 7) is 0. The highest BCUT2D eigenvalue weighted by atomic mass is 32.2. The Kier molecular flexibility index (Phi) is 1.59. The SMILES string of the molecule is CS1(=O)=NC(=O)Cc2ccsc21. The lowest BCUT2D eigenvalue weighted by Gasteiger charge is -2.08. The van der Waals surface area contributed by atoms with Crippen molar-refractivity contribution in [2.75, 3.05) is 6.26 Å². The van der Waals surface area contributed by atoms with Crippen molar-refractivity contribution < 1.29 is 9.00 Å². The van der Waals surface area contributed by atoms with Gasteiger partial charge >= 0.3 is 0 Å². The molecular formula is C7H7NO2S2. The molecule has 0 saturated carbocycles. The Morgan fingerprint density at radius 1 is 1.67 bits per heavy atom. The number of thiophene rings is 1. The van der Waals surface area contributed by atoms with Gasteiger partial charge in [-0.1, -0.05) is 0 Å². The molecule has 0 spiro atoms. The molecule has 0 aromatic carbocycles. The third kappa shape index (κ3) is 1.09. The molecule has 1 atom stereocenters. The third-order valence-corrected chi connectivity index (χ3v) is 5.14. The van der Waals surface area contributed by atoms with Gasteiger partial charge in [0.2, 0.25) is 0 Å². The highest BCUT2D eigenvalue weighted by Gasteiger charge is 2.22. The number of hydrogen-bond donors (Lipinski definition) is 0. The molecule has 1 aliphatic rings. The molecule has 0 radical (unpaired) electrons. The fraction of sp³-hybridized carbons (Fsp3) is 0.286. The maximum atomic E-state index is 11.7. The van der Waals surface area contributed by atoms with Gasteiger partial charge < -0.3 is 0 Å². The van der Waals surface area contributed by atoms with E-state index in [1.54, 1.807) is 0 Å². The molecular weight excluding hydrogens is 194 g/mol. The highest BCUT2D eigenvalue weighted by molar-refractivity contribution is 7.95. The topological polar surface area (TPSA) is 46.5 Å². The average molecular weight is 201 g/mol. The summed E-state index contributed by atoms with van der Waals surface area (Å²) in [5, 5.41) is 1.85. The van der Waals surface area contributed by atoms with E-state index in [4.69, 9.17) is 0 Å². The van der Waals surface area contributed by atoms with Crippen LogP contribution in [0.2, 0.25) is 0 Å². The van der Waals surface area contributed by atoms with E-state index in [0.717, 1.165) is 9.77 Å². The molecule has 64 valence electrons. The van der Waals surface area contributed by atoms with Crippen LogP contribution in [0.4, 0.5) is 0 Å². The quantitative estimate of drug-likeness (QED) is 0.635. The lowest BCUT2D eigenvalue weighted by atomic mass is 10.2.